The maximum Gasteiger partial charge on any atom is 0.114 e. The molecule has 0 aliphatic carbocycles. The Balaban J connectivity index is 1.38. The molecule has 5 aromatic heterocycles. The van der Waals surface area contributed by atoms with Crippen LogP contribution in [0.25, 0.3) is 50.7 Å². The minimum atomic E-state index is 0.694. The molecule has 2 nitrogen and oxygen atoms in total. The Morgan fingerprint density at radius 3 is 1.42 bits per heavy atom. The number of nitrogens with zero attached hydrogens (tertiary/aromatic N) is 2. The first-order valence-electron chi connectivity index (χ1n) is 11.2. The van der Waals surface area contributed by atoms with Gasteiger partial charge in [-0.1, -0.05) is 39.8 Å². The third-order valence-electron chi connectivity index (χ3n) is 5.68. The molecular weight excluding hydrogens is 501 g/mol. The molecule has 0 saturated carbocycles. The number of aromatic nitrogens is 2. The summed E-state index contributed by atoms with van der Waals surface area (Å²) in [6.45, 7) is 9.15. The molecule has 0 aliphatic rings. The summed E-state index contributed by atoms with van der Waals surface area (Å²) in [7, 11) is 0. The van der Waals surface area contributed by atoms with E-state index in [1.807, 2.05) is 45.3 Å². The molecule has 1 aromatic carbocycles. The van der Waals surface area contributed by atoms with Crippen LogP contribution in [0.5, 0.6) is 0 Å². The average molecular weight is 525 g/mol. The van der Waals surface area contributed by atoms with Gasteiger partial charge in [-0.3, -0.25) is 0 Å². The number of rotatable bonds is 6. The maximum atomic E-state index is 4.73. The Morgan fingerprint density at radius 1 is 0.606 bits per heavy atom. The normalized spacial score (nSPS) is 12.4. The summed E-state index contributed by atoms with van der Waals surface area (Å²) in [6.07, 6.45) is 2.32. The molecule has 33 heavy (non-hydrogen) atoms. The molecule has 0 bridgehead atoms. The SMILES string of the molecule is CC(C)Cc1cc2sc(-c3ccc(-c4cc5sc(CC(C)C)cc5s4)c4nsnc34)cc2s1. The summed E-state index contributed by atoms with van der Waals surface area (Å²) in [5, 5.41) is 0. The average Bonchev–Trinajstić information content (AvgIpc) is 3.51. The first kappa shape index (κ1) is 21.9. The molecule has 0 aliphatic heterocycles. The Kier molecular flexibility index (Phi) is 5.66. The monoisotopic (exact) mass is 524 g/mol. The molecule has 0 N–H and O–H groups in total. The van der Waals surface area contributed by atoms with Gasteiger partial charge in [0.05, 0.1) is 11.7 Å². The van der Waals surface area contributed by atoms with Crippen molar-refractivity contribution in [3.05, 3.63) is 46.2 Å². The van der Waals surface area contributed by atoms with Crippen molar-refractivity contribution < 1.29 is 0 Å². The van der Waals surface area contributed by atoms with Crippen molar-refractivity contribution in [2.75, 3.05) is 0 Å². The van der Waals surface area contributed by atoms with Crippen LogP contribution in [0.1, 0.15) is 37.4 Å². The number of hydrogen-bond acceptors (Lipinski definition) is 7. The van der Waals surface area contributed by atoms with Crippen molar-refractivity contribution in [2.45, 2.75) is 40.5 Å². The summed E-state index contributed by atoms with van der Waals surface area (Å²) in [6, 6.07) is 14.0. The van der Waals surface area contributed by atoms with E-state index in [0.717, 1.165) is 23.9 Å². The van der Waals surface area contributed by atoms with Gasteiger partial charge < -0.3 is 0 Å². The van der Waals surface area contributed by atoms with Crippen molar-refractivity contribution in [1.29, 1.82) is 0 Å². The Bertz CT molecular complexity index is 1410. The largest absolute Gasteiger partial charge is 0.172 e. The van der Waals surface area contributed by atoms with Gasteiger partial charge in [0.1, 0.15) is 11.0 Å². The number of fused-ring (bicyclic) bond motifs is 3. The second-order valence-corrected chi connectivity index (χ2v) is 14.5. The minimum absolute atomic E-state index is 0.694. The highest BCUT2D eigenvalue weighted by Gasteiger charge is 2.18. The highest BCUT2D eigenvalue weighted by atomic mass is 32.1. The van der Waals surface area contributed by atoms with Crippen LogP contribution in [0.3, 0.4) is 0 Å². The number of hydrogen-bond donors (Lipinski definition) is 0. The van der Waals surface area contributed by atoms with E-state index in [2.05, 4.69) is 64.1 Å². The van der Waals surface area contributed by atoms with Gasteiger partial charge in [-0.25, -0.2) is 0 Å². The summed E-state index contributed by atoms with van der Waals surface area (Å²) in [4.78, 5) is 5.56. The predicted molar refractivity (Wildman–Crippen MR) is 152 cm³/mol. The molecule has 0 amide bonds. The lowest BCUT2D eigenvalue weighted by Crippen LogP contribution is -1.89. The molecule has 0 spiro atoms. The van der Waals surface area contributed by atoms with Gasteiger partial charge in [0, 0.05) is 49.4 Å². The zero-order valence-electron chi connectivity index (χ0n) is 19.0. The second-order valence-electron chi connectivity index (χ2n) is 9.42. The van der Waals surface area contributed by atoms with E-state index in [0.29, 0.717) is 11.8 Å². The van der Waals surface area contributed by atoms with Crippen molar-refractivity contribution in [1.82, 2.24) is 8.75 Å². The van der Waals surface area contributed by atoms with E-state index >= 15 is 0 Å². The fourth-order valence-corrected chi connectivity index (χ4v) is 10.2. The number of thiophene rings is 4. The first-order chi connectivity index (χ1) is 15.9. The molecule has 0 fully saturated rings. The third-order valence-corrected chi connectivity index (χ3v) is 10.9. The van der Waals surface area contributed by atoms with Gasteiger partial charge in [-0.2, -0.15) is 8.75 Å². The van der Waals surface area contributed by atoms with Crippen LogP contribution in [0.2, 0.25) is 0 Å². The zero-order valence-corrected chi connectivity index (χ0v) is 23.1. The lowest BCUT2D eigenvalue weighted by Gasteiger charge is -2.03. The van der Waals surface area contributed by atoms with Gasteiger partial charge >= 0.3 is 0 Å². The van der Waals surface area contributed by atoms with Crippen LogP contribution in [0.4, 0.5) is 0 Å². The molecule has 0 atom stereocenters. The molecule has 6 rings (SSSR count). The lowest BCUT2D eigenvalue weighted by atomic mass is 10.1. The molecule has 0 unspecified atom stereocenters. The van der Waals surface area contributed by atoms with E-state index in [1.54, 1.807) is 0 Å². The highest BCUT2D eigenvalue weighted by Crippen LogP contribution is 2.45. The van der Waals surface area contributed by atoms with E-state index in [4.69, 9.17) is 8.75 Å². The molecule has 0 saturated heterocycles. The van der Waals surface area contributed by atoms with Crippen molar-refractivity contribution >= 4 is 86.9 Å². The Morgan fingerprint density at radius 2 is 1.03 bits per heavy atom. The maximum absolute atomic E-state index is 4.73. The minimum Gasteiger partial charge on any atom is -0.172 e. The molecule has 6 aromatic rings. The molecule has 7 heteroatoms. The van der Waals surface area contributed by atoms with Crippen LogP contribution in [0, 0.1) is 11.8 Å². The fourth-order valence-electron chi connectivity index (χ4n) is 4.31. The predicted octanol–water partition coefficient (Wildman–Crippen LogP) is 9.97. The summed E-state index contributed by atoms with van der Waals surface area (Å²) in [5.74, 6) is 1.39. The number of benzene rings is 1. The van der Waals surface area contributed by atoms with E-state index < -0.39 is 0 Å². The topological polar surface area (TPSA) is 25.8 Å². The van der Waals surface area contributed by atoms with Crippen molar-refractivity contribution in [3.63, 3.8) is 0 Å². The smallest absolute Gasteiger partial charge is 0.114 e. The zero-order chi connectivity index (χ0) is 22.7. The van der Waals surface area contributed by atoms with Gasteiger partial charge in [-0.05, 0) is 48.9 Å². The molecular formula is C26H24N2S5. The standard InChI is InChI=1S/C26H24N2S5/c1-13(2)7-15-9-21-23(29-15)11-19(31-21)17-5-6-18(26-25(17)27-33-28-26)20-12-24-22(32-20)10-16(30-24)8-14(3)4/h5-6,9-14H,7-8H2,1-4H3. The lowest BCUT2D eigenvalue weighted by molar-refractivity contribution is 0.654. The third kappa shape index (κ3) is 4.08. The van der Waals surface area contributed by atoms with Gasteiger partial charge in [0.25, 0.3) is 0 Å². The summed E-state index contributed by atoms with van der Waals surface area (Å²) in [5.41, 5.74) is 4.48. The summed E-state index contributed by atoms with van der Waals surface area (Å²) >= 11 is 8.96. The first-order valence-corrected chi connectivity index (χ1v) is 15.2. The van der Waals surface area contributed by atoms with E-state index in [-0.39, 0.29) is 0 Å². The quantitative estimate of drug-likeness (QED) is 0.217. The molecule has 0 radical (unpaired) electrons. The van der Waals surface area contributed by atoms with Crippen LogP contribution >= 0.6 is 57.1 Å². The Hall–Kier alpha value is -1.64. The summed E-state index contributed by atoms with van der Waals surface area (Å²) < 4.78 is 15.0. The van der Waals surface area contributed by atoms with Gasteiger partial charge in [0.2, 0.25) is 0 Å². The van der Waals surface area contributed by atoms with Crippen LogP contribution in [0.15, 0.2) is 36.4 Å². The molecule has 168 valence electrons. The fraction of sp³-hybridized carbons (Fsp3) is 0.308. The van der Waals surface area contributed by atoms with E-state index in [1.165, 1.54) is 61.2 Å². The van der Waals surface area contributed by atoms with Crippen LogP contribution in [-0.4, -0.2) is 8.75 Å². The van der Waals surface area contributed by atoms with Gasteiger partial charge in [-0.15, -0.1) is 45.3 Å². The second kappa shape index (κ2) is 8.54. The highest BCUT2D eigenvalue weighted by molar-refractivity contribution is 7.30. The van der Waals surface area contributed by atoms with Crippen LogP contribution < -0.4 is 0 Å². The van der Waals surface area contributed by atoms with Crippen molar-refractivity contribution in [3.8, 4) is 20.9 Å². The Labute approximate surface area is 213 Å². The molecule has 5 heterocycles. The van der Waals surface area contributed by atoms with Crippen molar-refractivity contribution in [2.24, 2.45) is 11.8 Å². The van der Waals surface area contributed by atoms with Crippen LogP contribution in [-0.2, 0) is 12.8 Å². The van der Waals surface area contributed by atoms with E-state index in [9.17, 15) is 0 Å². The van der Waals surface area contributed by atoms with Gasteiger partial charge in [0.15, 0.2) is 0 Å².